The highest BCUT2D eigenvalue weighted by Gasteiger charge is 2.30. The summed E-state index contributed by atoms with van der Waals surface area (Å²) in [7, 11) is 0. The van der Waals surface area contributed by atoms with Gasteiger partial charge >= 0.3 is 0 Å². The third-order valence-corrected chi connectivity index (χ3v) is 4.23. The fourth-order valence-electron chi connectivity index (χ4n) is 3.26. The van der Waals surface area contributed by atoms with Gasteiger partial charge in [0.1, 0.15) is 0 Å². The molecule has 0 spiro atoms. The first-order valence-corrected chi connectivity index (χ1v) is 6.99. The summed E-state index contributed by atoms with van der Waals surface area (Å²) in [5.74, 6) is 0. The van der Waals surface area contributed by atoms with Crippen LogP contribution in [0.4, 0.5) is 0 Å². The van der Waals surface area contributed by atoms with E-state index in [4.69, 9.17) is 0 Å². The Hall–Kier alpha value is -0.820. The van der Waals surface area contributed by atoms with Crippen molar-refractivity contribution in [3.8, 4) is 0 Å². The first-order chi connectivity index (χ1) is 8.35. The van der Waals surface area contributed by atoms with Gasteiger partial charge in [0.15, 0.2) is 0 Å². The highest BCUT2D eigenvalue weighted by molar-refractivity contribution is 5.16. The van der Waals surface area contributed by atoms with Gasteiger partial charge in [0.05, 0.1) is 0 Å². The van der Waals surface area contributed by atoms with E-state index in [1.54, 1.807) is 0 Å². The summed E-state index contributed by atoms with van der Waals surface area (Å²) >= 11 is 0. The summed E-state index contributed by atoms with van der Waals surface area (Å²) in [5, 5.41) is 9.35. The molecule has 0 saturated heterocycles. The molecular formula is C16H24O. The molecule has 17 heavy (non-hydrogen) atoms. The Kier molecular flexibility index (Phi) is 4.61. The van der Waals surface area contributed by atoms with Gasteiger partial charge in [-0.15, -0.1) is 0 Å². The maximum atomic E-state index is 9.35. The van der Waals surface area contributed by atoms with E-state index in [9.17, 15) is 5.11 Å². The zero-order valence-electron chi connectivity index (χ0n) is 10.7. The third-order valence-electron chi connectivity index (χ3n) is 4.23. The quantitative estimate of drug-likeness (QED) is 0.779. The molecule has 1 aliphatic carbocycles. The summed E-state index contributed by atoms with van der Waals surface area (Å²) < 4.78 is 0. The first kappa shape index (κ1) is 12.6. The van der Waals surface area contributed by atoms with Crippen LogP contribution in [0, 0.1) is 5.41 Å². The molecule has 1 N–H and O–H groups in total. The van der Waals surface area contributed by atoms with Gasteiger partial charge in [-0.05, 0) is 36.7 Å². The molecule has 1 aliphatic rings. The van der Waals surface area contributed by atoms with Gasteiger partial charge in [0.2, 0.25) is 0 Å². The van der Waals surface area contributed by atoms with Crippen molar-refractivity contribution in [1.29, 1.82) is 0 Å². The van der Waals surface area contributed by atoms with Crippen molar-refractivity contribution < 1.29 is 5.11 Å². The molecule has 0 atom stereocenters. The van der Waals surface area contributed by atoms with E-state index in [-0.39, 0.29) is 0 Å². The van der Waals surface area contributed by atoms with Crippen LogP contribution in [-0.2, 0) is 6.42 Å². The van der Waals surface area contributed by atoms with E-state index in [1.165, 1.54) is 44.1 Å². The lowest BCUT2D eigenvalue weighted by molar-refractivity contribution is 0.158. The smallest absolute Gasteiger partial charge is 0.0436 e. The van der Waals surface area contributed by atoms with Gasteiger partial charge in [-0.3, -0.25) is 0 Å². The Balaban J connectivity index is 2.09. The zero-order chi connectivity index (χ0) is 12.0. The third kappa shape index (κ3) is 3.57. The normalized spacial score (nSPS) is 19.8. The van der Waals surface area contributed by atoms with Crippen molar-refractivity contribution in [3.05, 3.63) is 35.9 Å². The molecule has 1 aromatic carbocycles. The zero-order valence-corrected chi connectivity index (χ0v) is 10.7. The molecule has 2 rings (SSSR count). The van der Waals surface area contributed by atoms with Gasteiger partial charge in [0, 0.05) is 6.61 Å². The number of aliphatic hydroxyl groups is 1. The number of hydrogen-bond donors (Lipinski definition) is 1. The topological polar surface area (TPSA) is 20.2 Å². The monoisotopic (exact) mass is 232 g/mol. The van der Waals surface area contributed by atoms with Crippen molar-refractivity contribution in [1.82, 2.24) is 0 Å². The van der Waals surface area contributed by atoms with Crippen LogP contribution in [0.1, 0.15) is 50.5 Å². The van der Waals surface area contributed by atoms with Crippen LogP contribution in [-0.4, -0.2) is 11.7 Å². The summed E-state index contributed by atoms with van der Waals surface area (Å²) in [6.45, 7) is 0.340. The van der Waals surface area contributed by atoms with Crippen molar-refractivity contribution in [2.24, 2.45) is 5.41 Å². The molecule has 1 heteroatoms. The number of benzene rings is 1. The molecule has 0 radical (unpaired) electrons. The van der Waals surface area contributed by atoms with Gasteiger partial charge < -0.3 is 5.11 Å². The van der Waals surface area contributed by atoms with Gasteiger partial charge in [0.25, 0.3) is 0 Å². The van der Waals surface area contributed by atoms with Crippen LogP contribution in [0.5, 0.6) is 0 Å². The minimum absolute atomic E-state index is 0.340. The Bertz CT molecular complexity index is 310. The minimum atomic E-state index is 0.340. The van der Waals surface area contributed by atoms with Crippen molar-refractivity contribution in [3.63, 3.8) is 0 Å². The van der Waals surface area contributed by atoms with E-state index in [1.807, 2.05) is 0 Å². The van der Waals surface area contributed by atoms with Crippen molar-refractivity contribution >= 4 is 0 Å². The van der Waals surface area contributed by atoms with Crippen LogP contribution in [0.25, 0.3) is 0 Å². The maximum absolute atomic E-state index is 9.35. The summed E-state index contributed by atoms with van der Waals surface area (Å²) in [6, 6.07) is 10.8. The van der Waals surface area contributed by atoms with Crippen LogP contribution in [0.15, 0.2) is 30.3 Å². The van der Waals surface area contributed by atoms with E-state index < -0.39 is 0 Å². The van der Waals surface area contributed by atoms with E-state index in [2.05, 4.69) is 30.3 Å². The fraction of sp³-hybridized carbons (Fsp3) is 0.625. The van der Waals surface area contributed by atoms with Crippen LogP contribution in [0.3, 0.4) is 0 Å². The lowest BCUT2D eigenvalue weighted by Gasteiger charge is -2.32. The molecule has 1 saturated carbocycles. The molecule has 1 aromatic rings. The van der Waals surface area contributed by atoms with Crippen molar-refractivity contribution in [2.45, 2.75) is 51.4 Å². The highest BCUT2D eigenvalue weighted by Crippen LogP contribution is 2.40. The largest absolute Gasteiger partial charge is 0.396 e. The Morgan fingerprint density at radius 1 is 0.941 bits per heavy atom. The molecule has 0 aliphatic heterocycles. The van der Waals surface area contributed by atoms with E-state index in [0.717, 1.165) is 12.8 Å². The lowest BCUT2D eigenvalue weighted by Crippen LogP contribution is -2.24. The lowest BCUT2D eigenvalue weighted by atomic mass is 9.73. The average molecular weight is 232 g/mol. The Morgan fingerprint density at radius 3 is 2.18 bits per heavy atom. The maximum Gasteiger partial charge on any atom is 0.0436 e. The summed E-state index contributed by atoms with van der Waals surface area (Å²) in [4.78, 5) is 0. The predicted molar refractivity (Wildman–Crippen MR) is 72.0 cm³/mol. The Morgan fingerprint density at radius 2 is 1.59 bits per heavy atom. The predicted octanol–water partition coefficient (Wildman–Crippen LogP) is 3.95. The standard InChI is InChI=1S/C16H24O/c17-13-12-16(10-6-1-2-7-11-16)14-15-8-4-3-5-9-15/h3-5,8-9,17H,1-2,6-7,10-14H2. The van der Waals surface area contributed by atoms with Crippen LogP contribution in [0.2, 0.25) is 0 Å². The van der Waals surface area contributed by atoms with E-state index >= 15 is 0 Å². The summed E-state index contributed by atoms with van der Waals surface area (Å²) in [5.41, 5.74) is 1.80. The molecule has 94 valence electrons. The molecular weight excluding hydrogens is 208 g/mol. The second-order valence-electron chi connectivity index (χ2n) is 5.55. The minimum Gasteiger partial charge on any atom is -0.396 e. The van der Waals surface area contributed by atoms with Crippen molar-refractivity contribution in [2.75, 3.05) is 6.61 Å². The molecule has 0 bridgehead atoms. The number of hydrogen-bond acceptors (Lipinski definition) is 1. The highest BCUT2D eigenvalue weighted by atomic mass is 16.3. The average Bonchev–Trinajstić information content (AvgIpc) is 2.57. The first-order valence-electron chi connectivity index (χ1n) is 6.99. The van der Waals surface area contributed by atoms with Crippen LogP contribution >= 0.6 is 0 Å². The van der Waals surface area contributed by atoms with Crippen LogP contribution < -0.4 is 0 Å². The molecule has 0 aromatic heterocycles. The molecule has 1 fully saturated rings. The molecule has 0 heterocycles. The molecule has 0 amide bonds. The summed E-state index contributed by atoms with van der Waals surface area (Å²) in [6.07, 6.45) is 10.1. The second-order valence-corrected chi connectivity index (χ2v) is 5.55. The SMILES string of the molecule is OCCC1(Cc2ccccc2)CCCCCC1. The van der Waals surface area contributed by atoms with E-state index in [0.29, 0.717) is 12.0 Å². The second kappa shape index (κ2) is 6.20. The fourth-order valence-corrected chi connectivity index (χ4v) is 3.26. The van der Waals surface area contributed by atoms with Gasteiger partial charge in [-0.1, -0.05) is 56.0 Å². The molecule has 1 nitrogen and oxygen atoms in total. The van der Waals surface area contributed by atoms with Gasteiger partial charge in [-0.2, -0.15) is 0 Å². The van der Waals surface area contributed by atoms with Gasteiger partial charge in [-0.25, -0.2) is 0 Å². The molecule has 0 unspecified atom stereocenters. The number of aliphatic hydroxyl groups excluding tert-OH is 1. The number of rotatable bonds is 4. The Labute approximate surface area is 105 Å².